The van der Waals surface area contributed by atoms with Crippen molar-refractivity contribution in [3.8, 4) is 0 Å². The number of nitro groups is 1. The molecule has 0 saturated carbocycles. The number of tetrazole rings is 1. The number of imidazole rings is 1. The van der Waals surface area contributed by atoms with E-state index in [0.717, 1.165) is 0 Å². The van der Waals surface area contributed by atoms with Gasteiger partial charge in [-0.15, -0.1) is 5.10 Å². The summed E-state index contributed by atoms with van der Waals surface area (Å²) < 4.78 is 3.17. The summed E-state index contributed by atoms with van der Waals surface area (Å²) in [6, 6.07) is 0. The number of aryl methyl sites for hydroxylation is 1. The lowest BCUT2D eigenvalue weighted by Crippen LogP contribution is -2.12. The first-order valence-electron chi connectivity index (χ1n) is 5.89. The Bertz CT molecular complexity index is 595. The third kappa shape index (κ3) is 3.11. The number of thioether (sulfide) groups is 1. The molecular weight excluding hydrogens is 284 g/mol. The Hall–Kier alpha value is -2.01. The minimum Gasteiger partial charge on any atom is -0.358 e. The molecule has 2 aromatic heterocycles. The highest BCUT2D eigenvalue weighted by molar-refractivity contribution is 7.99. The van der Waals surface area contributed by atoms with Crippen LogP contribution in [0.4, 0.5) is 5.82 Å². The second-order valence-corrected chi connectivity index (χ2v) is 4.96. The Balaban J connectivity index is 1.98. The van der Waals surface area contributed by atoms with Crippen LogP contribution in [0.15, 0.2) is 11.4 Å². The molecule has 0 unspecified atom stereocenters. The van der Waals surface area contributed by atoms with Crippen LogP contribution in [0.5, 0.6) is 0 Å². The van der Waals surface area contributed by atoms with E-state index >= 15 is 0 Å². The van der Waals surface area contributed by atoms with Gasteiger partial charge in [-0.05, 0) is 15.4 Å². The van der Waals surface area contributed by atoms with Gasteiger partial charge in [0.25, 0.3) is 0 Å². The lowest BCUT2D eigenvalue weighted by Gasteiger charge is -2.03. The number of aromatic nitrogens is 6. The van der Waals surface area contributed by atoms with Crippen LogP contribution in [-0.4, -0.2) is 47.0 Å². The lowest BCUT2D eigenvalue weighted by atomic mass is 10.6. The topological polar surface area (TPSA) is 131 Å². The van der Waals surface area contributed by atoms with Crippen molar-refractivity contribution in [2.75, 3.05) is 12.3 Å². The van der Waals surface area contributed by atoms with Gasteiger partial charge in [-0.25, -0.2) is 14.2 Å². The van der Waals surface area contributed by atoms with Gasteiger partial charge in [-0.1, -0.05) is 11.8 Å². The van der Waals surface area contributed by atoms with Gasteiger partial charge in [0.1, 0.15) is 12.7 Å². The van der Waals surface area contributed by atoms with Crippen LogP contribution < -0.4 is 5.73 Å². The molecule has 0 radical (unpaired) electrons. The summed E-state index contributed by atoms with van der Waals surface area (Å²) in [4.78, 5) is 14.4. The maximum atomic E-state index is 10.9. The highest BCUT2D eigenvalue weighted by Gasteiger charge is 2.17. The summed E-state index contributed by atoms with van der Waals surface area (Å²) in [5.41, 5.74) is 5.45. The van der Waals surface area contributed by atoms with Crippen LogP contribution in [-0.2, 0) is 13.1 Å². The Kier molecular flexibility index (Phi) is 4.63. The SMILES string of the molecule is Cc1ncc([N+](=O)[O-])n1CCSc1nnnn1CCN. The number of hydrogen-bond donors (Lipinski definition) is 1. The summed E-state index contributed by atoms with van der Waals surface area (Å²) in [5, 5.41) is 22.8. The molecule has 0 aliphatic carbocycles. The summed E-state index contributed by atoms with van der Waals surface area (Å²) in [6.45, 7) is 3.18. The maximum absolute atomic E-state index is 10.9. The van der Waals surface area contributed by atoms with E-state index < -0.39 is 4.92 Å². The van der Waals surface area contributed by atoms with E-state index in [1.165, 1.54) is 18.0 Å². The molecule has 11 heteroatoms. The van der Waals surface area contributed by atoms with E-state index in [-0.39, 0.29) is 5.82 Å². The Morgan fingerprint density at radius 3 is 3.00 bits per heavy atom. The monoisotopic (exact) mass is 298 g/mol. The summed E-state index contributed by atoms with van der Waals surface area (Å²) >= 11 is 1.42. The molecule has 0 atom stereocenters. The minimum absolute atomic E-state index is 0.00958. The van der Waals surface area contributed by atoms with Gasteiger partial charge in [0.15, 0.2) is 5.82 Å². The van der Waals surface area contributed by atoms with Crippen LogP contribution in [0.3, 0.4) is 0 Å². The van der Waals surface area contributed by atoms with Crippen molar-refractivity contribution in [1.82, 2.24) is 29.8 Å². The molecule has 2 aromatic rings. The van der Waals surface area contributed by atoms with Crippen molar-refractivity contribution in [3.05, 3.63) is 22.1 Å². The first kappa shape index (κ1) is 14.4. The molecule has 0 bridgehead atoms. The third-order valence-electron chi connectivity index (χ3n) is 2.61. The molecule has 0 aromatic carbocycles. The van der Waals surface area contributed by atoms with E-state index in [9.17, 15) is 10.1 Å². The third-order valence-corrected chi connectivity index (χ3v) is 3.54. The number of hydrogen-bond acceptors (Lipinski definition) is 8. The van der Waals surface area contributed by atoms with E-state index in [1.54, 1.807) is 16.2 Å². The van der Waals surface area contributed by atoms with Crippen molar-refractivity contribution in [3.63, 3.8) is 0 Å². The van der Waals surface area contributed by atoms with Gasteiger partial charge in [0.2, 0.25) is 5.16 Å². The Morgan fingerprint density at radius 1 is 1.50 bits per heavy atom. The second kappa shape index (κ2) is 6.43. The van der Waals surface area contributed by atoms with E-state index in [1.807, 2.05) is 0 Å². The smallest absolute Gasteiger partial charge is 0.342 e. The fourth-order valence-electron chi connectivity index (χ4n) is 1.67. The molecule has 108 valence electrons. The lowest BCUT2D eigenvalue weighted by molar-refractivity contribution is -0.392. The molecule has 10 nitrogen and oxygen atoms in total. The zero-order valence-electron chi connectivity index (χ0n) is 10.8. The molecule has 0 spiro atoms. The fraction of sp³-hybridized carbons (Fsp3) is 0.556. The number of nitrogens with two attached hydrogens (primary N) is 1. The van der Waals surface area contributed by atoms with Crippen molar-refractivity contribution >= 4 is 17.6 Å². The zero-order valence-corrected chi connectivity index (χ0v) is 11.7. The van der Waals surface area contributed by atoms with E-state index in [4.69, 9.17) is 5.73 Å². The Morgan fingerprint density at radius 2 is 2.30 bits per heavy atom. The van der Waals surface area contributed by atoms with Crippen LogP contribution in [0.25, 0.3) is 0 Å². The highest BCUT2D eigenvalue weighted by atomic mass is 32.2. The number of nitrogens with zero attached hydrogens (tertiary/aromatic N) is 7. The molecule has 2 rings (SSSR count). The maximum Gasteiger partial charge on any atom is 0.342 e. The number of rotatable bonds is 7. The largest absolute Gasteiger partial charge is 0.358 e. The van der Waals surface area contributed by atoms with Crippen LogP contribution in [0.1, 0.15) is 5.82 Å². The standard InChI is InChI=1S/C9H14N8O2S/c1-7-11-6-8(17(18)19)15(7)4-5-20-9-12-13-14-16(9)3-2-10/h6H,2-5,10H2,1H3. The molecule has 0 saturated heterocycles. The van der Waals surface area contributed by atoms with Crippen molar-refractivity contribution in [2.24, 2.45) is 5.73 Å². The fourth-order valence-corrected chi connectivity index (χ4v) is 2.50. The molecule has 2 heterocycles. The average molecular weight is 298 g/mol. The molecule has 20 heavy (non-hydrogen) atoms. The molecule has 0 amide bonds. The summed E-state index contributed by atoms with van der Waals surface area (Å²) in [5.74, 6) is 1.20. The van der Waals surface area contributed by atoms with Gasteiger partial charge in [-0.3, -0.25) is 0 Å². The van der Waals surface area contributed by atoms with Gasteiger partial charge >= 0.3 is 5.82 Å². The molecule has 0 aliphatic rings. The van der Waals surface area contributed by atoms with Gasteiger partial charge in [-0.2, -0.15) is 0 Å². The van der Waals surface area contributed by atoms with Crippen LogP contribution in [0, 0.1) is 17.0 Å². The first-order valence-corrected chi connectivity index (χ1v) is 6.87. The van der Waals surface area contributed by atoms with Crippen LogP contribution >= 0.6 is 11.8 Å². The second-order valence-electron chi connectivity index (χ2n) is 3.89. The molecule has 0 fully saturated rings. The summed E-state index contributed by atoms with van der Waals surface area (Å²) in [6.07, 6.45) is 1.26. The molecule has 0 aliphatic heterocycles. The predicted molar refractivity (Wildman–Crippen MR) is 71.2 cm³/mol. The molecular formula is C9H14N8O2S. The Labute approximate surface area is 118 Å². The highest BCUT2D eigenvalue weighted by Crippen LogP contribution is 2.18. The van der Waals surface area contributed by atoms with E-state index in [0.29, 0.717) is 36.4 Å². The normalized spacial score (nSPS) is 10.9. The molecule has 2 N–H and O–H groups in total. The van der Waals surface area contributed by atoms with E-state index in [2.05, 4.69) is 20.5 Å². The quantitative estimate of drug-likeness (QED) is 0.423. The first-order chi connectivity index (χ1) is 9.63. The van der Waals surface area contributed by atoms with Gasteiger partial charge in [0, 0.05) is 19.2 Å². The summed E-state index contributed by atoms with van der Waals surface area (Å²) in [7, 11) is 0. The van der Waals surface area contributed by atoms with Crippen molar-refractivity contribution in [2.45, 2.75) is 25.2 Å². The van der Waals surface area contributed by atoms with Crippen molar-refractivity contribution < 1.29 is 4.92 Å². The van der Waals surface area contributed by atoms with Gasteiger partial charge in [0.05, 0.1) is 6.54 Å². The van der Waals surface area contributed by atoms with Crippen molar-refractivity contribution in [1.29, 1.82) is 0 Å². The van der Waals surface area contributed by atoms with Crippen LogP contribution in [0.2, 0.25) is 0 Å². The van der Waals surface area contributed by atoms with Gasteiger partial charge < -0.3 is 15.8 Å². The zero-order chi connectivity index (χ0) is 14.5. The minimum atomic E-state index is -0.441. The average Bonchev–Trinajstić information content (AvgIpc) is 2.98. The predicted octanol–water partition coefficient (Wildman–Crippen LogP) is -0.163.